The second kappa shape index (κ2) is 6.63. The van der Waals surface area contributed by atoms with Crippen molar-refractivity contribution >= 4 is 17.9 Å². The van der Waals surface area contributed by atoms with E-state index in [-0.39, 0.29) is 0 Å². The summed E-state index contributed by atoms with van der Waals surface area (Å²) in [5.41, 5.74) is 8.67. The van der Waals surface area contributed by atoms with E-state index < -0.39 is 54.3 Å². The van der Waals surface area contributed by atoms with Gasteiger partial charge in [0.1, 0.15) is 6.10 Å². The van der Waals surface area contributed by atoms with Crippen molar-refractivity contribution < 1.29 is 38.1 Å². The zero-order valence-electron chi connectivity index (χ0n) is 13.5. The Kier molecular flexibility index (Phi) is 4.97. The lowest BCUT2D eigenvalue weighted by atomic mass is 9.94. The molecule has 2 rings (SSSR count). The minimum atomic E-state index is -1.54. The highest BCUT2D eigenvalue weighted by atomic mass is 16.8. The summed E-state index contributed by atoms with van der Waals surface area (Å²) < 4.78 is 26.8. The summed E-state index contributed by atoms with van der Waals surface area (Å²) in [5.74, 6) is -3.58. The molecule has 6 atom stereocenters. The topological polar surface area (TPSA) is 146 Å². The first-order chi connectivity index (χ1) is 11.2. The average Bonchev–Trinajstić information content (AvgIpc) is 2.74. The normalized spacial score (nSPS) is 37.1. The van der Waals surface area contributed by atoms with E-state index in [1.54, 1.807) is 0 Å². The minimum absolute atomic E-state index is 0.681. The highest BCUT2D eigenvalue weighted by molar-refractivity contribution is 5.68. The van der Waals surface area contributed by atoms with Gasteiger partial charge in [0.2, 0.25) is 5.79 Å². The number of carbonyl (C=O) groups excluding carboxylic acids is 3. The van der Waals surface area contributed by atoms with Gasteiger partial charge < -0.3 is 23.7 Å². The standard InChI is InChI=1S/C13H17N3O8/c1-5(17)20-8-9(21-6(2)18)11(22-7(3)19)13(4)23-10(8)12(24-13)15-16-14/h8-12H,1-4H3/t8-,9-,10+,11-,12+,13+/m0/s1. The van der Waals surface area contributed by atoms with Crippen LogP contribution < -0.4 is 0 Å². The van der Waals surface area contributed by atoms with Gasteiger partial charge in [-0.25, -0.2) is 0 Å². The third-order valence-corrected chi connectivity index (χ3v) is 3.53. The van der Waals surface area contributed by atoms with Crippen molar-refractivity contribution in [2.45, 2.75) is 64.1 Å². The lowest BCUT2D eigenvalue weighted by Gasteiger charge is -2.43. The Labute approximate surface area is 136 Å². The van der Waals surface area contributed by atoms with Crippen LogP contribution in [-0.4, -0.2) is 54.3 Å². The smallest absolute Gasteiger partial charge is 0.303 e. The zero-order chi connectivity index (χ0) is 18.1. The van der Waals surface area contributed by atoms with Crippen molar-refractivity contribution in [2.75, 3.05) is 0 Å². The highest BCUT2D eigenvalue weighted by Gasteiger charge is 2.65. The fourth-order valence-electron chi connectivity index (χ4n) is 2.82. The van der Waals surface area contributed by atoms with Gasteiger partial charge in [0.25, 0.3) is 0 Å². The average molecular weight is 343 g/mol. The summed E-state index contributed by atoms with van der Waals surface area (Å²) in [6.07, 6.45) is -5.76. The predicted octanol–water partition coefficient (Wildman–Crippen LogP) is 0.563. The predicted molar refractivity (Wildman–Crippen MR) is 74.0 cm³/mol. The molecule has 0 amide bonds. The van der Waals surface area contributed by atoms with Gasteiger partial charge >= 0.3 is 17.9 Å². The van der Waals surface area contributed by atoms with Crippen molar-refractivity contribution in [3.8, 4) is 0 Å². The monoisotopic (exact) mass is 343 g/mol. The molecular formula is C13H17N3O8. The molecule has 0 aromatic carbocycles. The van der Waals surface area contributed by atoms with Crippen LogP contribution in [0.1, 0.15) is 27.7 Å². The van der Waals surface area contributed by atoms with Crippen LogP contribution in [0.5, 0.6) is 0 Å². The molecule has 0 aromatic rings. The van der Waals surface area contributed by atoms with Gasteiger partial charge in [-0.3, -0.25) is 14.4 Å². The van der Waals surface area contributed by atoms with Crippen LogP contribution in [0.4, 0.5) is 0 Å². The molecule has 2 bridgehead atoms. The lowest BCUT2D eigenvalue weighted by Crippen LogP contribution is -2.63. The minimum Gasteiger partial charge on any atom is -0.456 e. The maximum absolute atomic E-state index is 11.5. The number of rotatable bonds is 4. The van der Waals surface area contributed by atoms with Gasteiger partial charge in [0.15, 0.2) is 24.5 Å². The summed E-state index contributed by atoms with van der Waals surface area (Å²) >= 11 is 0. The first-order valence-corrected chi connectivity index (χ1v) is 7.09. The maximum atomic E-state index is 11.5. The molecule has 132 valence electrons. The lowest BCUT2D eigenvalue weighted by molar-refractivity contribution is -0.295. The molecule has 0 radical (unpaired) electrons. The molecule has 0 spiro atoms. The molecule has 2 aliphatic heterocycles. The third kappa shape index (κ3) is 3.42. The van der Waals surface area contributed by atoms with Crippen LogP contribution in [-0.2, 0) is 38.1 Å². The molecule has 0 saturated carbocycles. The summed E-state index contributed by atoms with van der Waals surface area (Å²) in [7, 11) is 0. The SMILES string of the molecule is CC(=O)O[C@@H]1[C@H]2O[C@](C)(O[C@H]2N=[N+]=[N-])[C@@H](OC(C)=O)[C@H]1OC(C)=O. The van der Waals surface area contributed by atoms with Crippen molar-refractivity contribution in [3.63, 3.8) is 0 Å². The van der Waals surface area contributed by atoms with Crippen LogP contribution in [0.3, 0.4) is 0 Å². The molecule has 2 aliphatic rings. The van der Waals surface area contributed by atoms with Gasteiger partial charge in [-0.1, -0.05) is 5.11 Å². The Bertz CT molecular complexity index is 604. The molecule has 2 heterocycles. The van der Waals surface area contributed by atoms with Gasteiger partial charge in [-0.05, 0) is 12.5 Å². The Hall–Kier alpha value is -2.36. The molecule has 11 heteroatoms. The number of azide groups is 1. The molecular weight excluding hydrogens is 326 g/mol. The van der Waals surface area contributed by atoms with Gasteiger partial charge in [-0.15, -0.1) is 0 Å². The maximum Gasteiger partial charge on any atom is 0.303 e. The van der Waals surface area contributed by atoms with E-state index in [1.807, 2.05) is 0 Å². The molecule has 2 saturated heterocycles. The van der Waals surface area contributed by atoms with E-state index in [1.165, 1.54) is 6.92 Å². The number of hydrogen-bond donors (Lipinski definition) is 0. The molecule has 0 aliphatic carbocycles. The second-order valence-corrected chi connectivity index (χ2v) is 5.49. The first-order valence-electron chi connectivity index (χ1n) is 7.09. The van der Waals surface area contributed by atoms with Gasteiger partial charge in [0.05, 0.1) is 0 Å². The first kappa shape index (κ1) is 18.0. The van der Waals surface area contributed by atoms with Crippen LogP contribution in [0.15, 0.2) is 5.11 Å². The summed E-state index contributed by atoms with van der Waals surface area (Å²) in [4.78, 5) is 37.0. The number of carbonyl (C=O) groups is 3. The van der Waals surface area contributed by atoms with Crippen LogP contribution in [0, 0.1) is 0 Å². The van der Waals surface area contributed by atoms with Crippen LogP contribution in [0.2, 0.25) is 0 Å². The molecule has 0 N–H and O–H groups in total. The van der Waals surface area contributed by atoms with Crippen LogP contribution >= 0.6 is 0 Å². The largest absolute Gasteiger partial charge is 0.456 e. The Morgan fingerprint density at radius 2 is 1.54 bits per heavy atom. The molecule has 2 fully saturated rings. The second-order valence-electron chi connectivity index (χ2n) is 5.49. The van der Waals surface area contributed by atoms with E-state index in [2.05, 4.69) is 10.0 Å². The zero-order valence-corrected chi connectivity index (χ0v) is 13.5. The number of nitrogens with zero attached hydrogens (tertiary/aromatic N) is 3. The molecule has 11 nitrogen and oxygen atoms in total. The fourth-order valence-corrected chi connectivity index (χ4v) is 2.82. The fraction of sp³-hybridized carbons (Fsp3) is 0.769. The summed E-state index contributed by atoms with van der Waals surface area (Å²) in [6, 6.07) is 0. The number of hydrogen-bond acceptors (Lipinski definition) is 9. The van der Waals surface area contributed by atoms with Crippen molar-refractivity contribution in [1.82, 2.24) is 0 Å². The Balaban J connectivity index is 2.47. The number of fused-ring (bicyclic) bond motifs is 2. The quantitative estimate of drug-likeness (QED) is 0.236. The van der Waals surface area contributed by atoms with E-state index in [0.717, 1.165) is 20.8 Å². The summed E-state index contributed by atoms with van der Waals surface area (Å²) in [6.45, 7) is 4.90. The van der Waals surface area contributed by atoms with Gasteiger partial charge in [-0.2, -0.15) is 0 Å². The van der Waals surface area contributed by atoms with E-state index in [9.17, 15) is 14.4 Å². The van der Waals surface area contributed by atoms with Gasteiger partial charge in [0, 0.05) is 25.7 Å². The van der Waals surface area contributed by atoms with E-state index in [4.69, 9.17) is 29.2 Å². The van der Waals surface area contributed by atoms with E-state index >= 15 is 0 Å². The third-order valence-electron chi connectivity index (χ3n) is 3.53. The number of esters is 3. The van der Waals surface area contributed by atoms with Crippen molar-refractivity contribution in [3.05, 3.63) is 10.4 Å². The highest BCUT2D eigenvalue weighted by Crippen LogP contribution is 2.44. The Morgan fingerprint density at radius 3 is 2.04 bits per heavy atom. The molecule has 24 heavy (non-hydrogen) atoms. The summed E-state index contributed by atoms with van der Waals surface area (Å²) in [5, 5.41) is 3.46. The molecule has 0 unspecified atom stereocenters. The molecule has 0 aromatic heterocycles. The van der Waals surface area contributed by atoms with Crippen LogP contribution in [0.25, 0.3) is 10.4 Å². The van der Waals surface area contributed by atoms with Crippen molar-refractivity contribution in [2.24, 2.45) is 5.11 Å². The van der Waals surface area contributed by atoms with Crippen molar-refractivity contribution in [1.29, 1.82) is 0 Å². The van der Waals surface area contributed by atoms with E-state index in [0.29, 0.717) is 0 Å². The number of ether oxygens (including phenoxy) is 5. The Morgan fingerprint density at radius 1 is 1.00 bits per heavy atom.